The Morgan fingerprint density at radius 1 is 1.28 bits per heavy atom. The number of fused-ring (bicyclic) bond motifs is 1. The average molecular weight is 281 g/mol. The second kappa shape index (κ2) is 4.60. The highest BCUT2D eigenvalue weighted by Crippen LogP contribution is 2.37. The first-order valence-corrected chi connectivity index (χ1v) is 6.95. The summed E-state index contributed by atoms with van der Waals surface area (Å²) in [4.78, 5) is 4.52. The fourth-order valence-corrected chi connectivity index (χ4v) is 3.15. The van der Waals surface area contributed by atoms with Crippen LogP contribution in [0.3, 0.4) is 0 Å². The van der Waals surface area contributed by atoms with E-state index in [1.165, 1.54) is 6.42 Å². The molecular formula is C14H14Cl2N2. The SMILES string of the molecule is CC1CCCc2c(Cl)nc(-c3ccccc3Cl)n21. The summed E-state index contributed by atoms with van der Waals surface area (Å²) < 4.78 is 2.24. The van der Waals surface area contributed by atoms with Gasteiger partial charge in [0.2, 0.25) is 0 Å². The van der Waals surface area contributed by atoms with E-state index in [9.17, 15) is 0 Å². The summed E-state index contributed by atoms with van der Waals surface area (Å²) in [5, 5.41) is 1.34. The third-order valence-corrected chi connectivity index (χ3v) is 4.18. The first-order chi connectivity index (χ1) is 8.68. The molecule has 2 nitrogen and oxygen atoms in total. The lowest BCUT2D eigenvalue weighted by Crippen LogP contribution is -2.15. The van der Waals surface area contributed by atoms with Crippen LogP contribution in [0.25, 0.3) is 11.4 Å². The van der Waals surface area contributed by atoms with E-state index in [1.807, 2.05) is 24.3 Å². The Bertz CT molecular complexity index is 589. The first-order valence-electron chi connectivity index (χ1n) is 6.20. The Labute approximate surface area is 117 Å². The number of hydrogen-bond donors (Lipinski definition) is 0. The first kappa shape index (κ1) is 12.1. The number of imidazole rings is 1. The number of halogens is 2. The highest BCUT2D eigenvalue weighted by molar-refractivity contribution is 6.33. The van der Waals surface area contributed by atoms with E-state index in [0.717, 1.165) is 34.9 Å². The van der Waals surface area contributed by atoms with E-state index in [2.05, 4.69) is 16.5 Å². The van der Waals surface area contributed by atoms with Crippen molar-refractivity contribution in [3.05, 3.63) is 40.1 Å². The van der Waals surface area contributed by atoms with E-state index in [-0.39, 0.29) is 0 Å². The molecule has 3 rings (SSSR count). The van der Waals surface area contributed by atoms with Gasteiger partial charge in [-0.2, -0.15) is 0 Å². The number of nitrogens with zero attached hydrogens (tertiary/aromatic N) is 2. The van der Waals surface area contributed by atoms with E-state index in [1.54, 1.807) is 0 Å². The van der Waals surface area contributed by atoms with E-state index < -0.39 is 0 Å². The van der Waals surface area contributed by atoms with Gasteiger partial charge in [0, 0.05) is 11.6 Å². The van der Waals surface area contributed by atoms with Crippen LogP contribution in [0.5, 0.6) is 0 Å². The molecule has 4 heteroatoms. The van der Waals surface area contributed by atoms with Crippen LogP contribution < -0.4 is 0 Å². The van der Waals surface area contributed by atoms with Gasteiger partial charge in [0.15, 0.2) is 5.15 Å². The van der Waals surface area contributed by atoms with Crippen molar-refractivity contribution in [2.24, 2.45) is 0 Å². The molecule has 1 aliphatic heterocycles. The highest BCUT2D eigenvalue weighted by atomic mass is 35.5. The van der Waals surface area contributed by atoms with Crippen LogP contribution in [-0.2, 0) is 6.42 Å². The van der Waals surface area contributed by atoms with Gasteiger partial charge in [-0.25, -0.2) is 4.98 Å². The third kappa shape index (κ3) is 1.84. The maximum atomic E-state index is 6.26. The molecule has 0 N–H and O–H groups in total. The lowest BCUT2D eigenvalue weighted by Gasteiger charge is -2.24. The normalized spacial score (nSPS) is 18.7. The van der Waals surface area contributed by atoms with Gasteiger partial charge in [0.1, 0.15) is 5.82 Å². The molecule has 1 aliphatic rings. The topological polar surface area (TPSA) is 17.8 Å². The molecule has 1 unspecified atom stereocenters. The Kier molecular flexibility index (Phi) is 3.08. The number of hydrogen-bond acceptors (Lipinski definition) is 1. The molecule has 0 fully saturated rings. The van der Waals surface area contributed by atoms with Gasteiger partial charge in [0.05, 0.1) is 10.7 Å². The standard InChI is InChI=1S/C14H14Cl2N2/c1-9-5-4-8-12-13(16)17-14(18(9)12)10-6-2-3-7-11(10)15/h2-3,6-7,9H,4-5,8H2,1H3. The molecule has 0 saturated carbocycles. The molecule has 1 aromatic heterocycles. The molecule has 2 heterocycles. The van der Waals surface area contributed by atoms with Gasteiger partial charge in [-0.1, -0.05) is 35.3 Å². The Morgan fingerprint density at radius 3 is 2.83 bits per heavy atom. The molecule has 0 aliphatic carbocycles. The number of benzene rings is 1. The third-order valence-electron chi connectivity index (χ3n) is 3.55. The van der Waals surface area contributed by atoms with E-state index in [0.29, 0.717) is 11.2 Å². The smallest absolute Gasteiger partial charge is 0.150 e. The molecule has 0 radical (unpaired) electrons. The fourth-order valence-electron chi connectivity index (χ4n) is 2.66. The largest absolute Gasteiger partial charge is 0.324 e. The quantitative estimate of drug-likeness (QED) is 0.737. The lowest BCUT2D eigenvalue weighted by atomic mass is 10.0. The van der Waals surface area contributed by atoms with E-state index in [4.69, 9.17) is 23.2 Å². The Morgan fingerprint density at radius 2 is 2.06 bits per heavy atom. The summed E-state index contributed by atoms with van der Waals surface area (Å²) in [6.07, 6.45) is 3.34. The molecule has 0 saturated heterocycles. The Balaban J connectivity index is 2.22. The van der Waals surface area contributed by atoms with Crippen LogP contribution >= 0.6 is 23.2 Å². The van der Waals surface area contributed by atoms with Gasteiger partial charge in [-0.15, -0.1) is 0 Å². The summed E-state index contributed by atoms with van der Waals surface area (Å²) >= 11 is 12.5. The summed E-state index contributed by atoms with van der Waals surface area (Å²) in [5.41, 5.74) is 2.10. The van der Waals surface area contributed by atoms with Crippen molar-refractivity contribution in [3.8, 4) is 11.4 Å². The number of aromatic nitrogens is 2. The predicted octanol–water partition coefficient (Wildman–Crippen LogP) is 4.75. The van der Waals surface area contributed by atoms with Crippen LogP contribution in [0.2, 0.25) is 10.2 Å². The summed E-state index contributed by atoms with van der Waals surface area (Å²) in [5.74, 6) is 0.896. The second-order valence-corrected chi connectivity index (χ2v) is 5.53. The van der Waals surface area contributed by atoms with Crippen molar-refractivity contribution in [2.75, 3.05) is 0 Å². The van der Waals surface area contributed by atoms with Gasteiger partial charge in [0.25, 0.3) is 0 Å². The molecule has 1 atom stereocenters. The van der Waals surface area contributed by atoms with Crippen molar-refractivity contribution in [3.63, 3.8) is 0 Å². The van der Waals surface area contributed by atoms with Gasteiger partial charge in [-0.05, 0) is 38.3 Å². The minimum atomic E-state index is 0.431. The molecule has 0 bridgehead atoms. The van der Waals surface area contributed by atoms with Crippen molar-refractivity contribution >= 4 is 23.2 Å². The molecular weight excluding hydrogens is 267 g/mol. The Hall–Kier alpha value is -0.990. The zero-order chi connectivity index (χ0) is 12.7. The van der Waals surface area contributed by atoms with Crippen molar-refractivity contribution in [2.45, 2.75) is 32.2 Å². The van der Waals surface area contributed by atoms with Crippen LogP contribution in [0.15, 0.2) is 24.3 Å². The van der Waals surface area contributed by atoms with Crippen LogP contribution in [0, 0.1) is 0 Å². The molecule has 1 aromatic carbocycles. The zero-order valence-electron chi connectivity index (χ0n) is 10.2. The molecule has 18 heavy (non-hydrogen) atoms. The minimum Gasteiger partial charge on any atom is -0.324 e. The average Bonchev–Trinajstić information content (AvgIpc) is 2.69. The summed E-state index contributed by atoms with van der Waals surface area (Å²) in [7, 11) is 0. The lowest BCUT2D eigenvalue weighted by molar-refractivity contribution is 0.436. The highest BCUT2D eigenvalue weighted by Gasteiger charge is 2.25. The molecule has 0 spiro atoms. The monoisotopic (exact) mass is 280 g/mol. The zero-order valence-corrected chi connectivity index (χ0v) is 11.7. The predicted molar refractivity (Wildman–Crippen MR) is 75.3 cm³/mol. The summed E-state index contributed by atoms with van der Waals surface area (Å²) in [6.45, 7) is 2.21. The van der Waals surface area contributed by atoms with Crippen molar-refractivity contribution in [1.82, 2.24) is 9.55 Å². The molecule has 2 aromatic rings. The van der Waals surface area contributed by atoms with Crippen molar-refractivity contribution in [1.29, 1.82) is 0 Å². The summed E-state index contributed by atoms with van der Waals surface area (Å²) in [6, 6.07) is 8.22. The van der Waals surface area contributed by atoms with Gasteiger partial charge >= 0.3 is 0 Å². The van der Waals surface area contributed by atoms with Gasteiger partial charge < -0.3 is 4.57 Å². The van der Waals surface area contributed by atoms with Crippen LogP contribution in [0.1, 0.15) is 31.5 Å². The van der Waals surface area contributed by atoms with Crippen molar-refractivity contribution < 1.29 is 0 Å². The van der Waals surface area contributed by atoms with E-state index >= 15 is 0 Å². The van der Waals surface area contributed by atoms with Crippen LogP contribution in [-0.4, -0.2) is 9.55 Å². The maximum absolute atomic E-state index is 6.26. The molecule has 0 amide bonds. The minimum absolute atomic E-state index is 0.431. The molecule has 94 valence electrons. The second-order valence-electron chi connectivity index (χ2n) is 4.76. The maximum Gasteiger partial charge on any atom is 0.150 e. The number of rotatable bonds is 1. The van der Waals surface area contributed by atoms with Crippen LogP contribution in [0.4, 0.5) is 0 Å². The van der Waals surface area contributed by atoms with Gasteiger partial charge in [-0.3, -0.25) is 0 Å². The fraction of sp³-hybridized carbons (Fsp3) is 0.357.